The molecule has 0 saturated carbocycles. The van der Waals surface area contributed by atoms with Crippen LogP contribution in [0.5, 0.6) is 0 Å². The van der Waals surface area contributed by atoms with Crippen molar-refractivity contribution in [3.05, 3.63) is 46.4 Å². The van der Waals surface area contributed by atoms with Gasteiger partial charge in [0.15, 0.2) is 5.96 Å². The van der Waals surface area contributed by atoms with Crippen molar-refractivity contribution in [1.29, 1.82) is 0 Å². The molecule has 29 heavy (non-hydrogen) atoms. The van der Waals surface area contributed by atoms with Crippen molar-refractivity contribution in [1.82, 2.24) is 20.5 Å². The highest BCUT2D eigenvalue weighted by molar-refractivity contribution is 14.0. The van der Waals surface area contributed by atoms with Gasteiger partial charge in [-0.05, 0) is 19.1 Å². The quantitative estimate of drug-likeness (QED) is 0.342. The standard InChI is InChI=1S/C20H28N6OS.HI/c1-16-14-23-18(28-16)8-9-22-20(21-2)24-15-19(27)26-12-10-25(11-13-26)17-6-4-3-5-7-17;/h3-7,14H,8-13,15H2,1-2H3,(H2,21,22,24);1H. The van der Waals surface area contributed by atoms with Gasteiger partial charge in [0.05, 0.1) is 11.6 Å². The lowest BCUT2D eigenvalue weighted by Gasteiger charge is -2.36. The second-order valence-corrected chi connectivity index (χ2v) is 7.99. The first-order valence-electron chi connectivity index (χ1n) is 9.59. The zero-order valence-electron chi connectivity index (χ0n) is 16.9. The number of carbonyl (C=O) groups is 1. The number of halogens is 1. The van der Waals surface area contributed by atoms with Crippen molar-refractivity contribution >= 4 is 52.9 Å². The topological polar surface area (TPSA) is 72.9 Å². The van der Waals surface area contributed by atoms with Gasteiger partial charge in [0.25, 0.3) is 0 Å². The molecule has 2 heterocycles. The number of nitrogens with one attached hydrogen (secondary N) is 2. The van der Waals surface area contributed by atoms with E-state index in [1.54, 1.807) is 18.4 Å². The molecule has 7 nitrogen and oxygen atoms in total. The molecule has 2 N–H and O–H groups in total. The number of para-hydroxylation sites is 1. The second-order valence-electron chi connectivity index (χ2n) is 6.67. The molecule has 1 aliphatic rings. The zero-order chi connectivity index (χ0) is 19.8. The van der Waals surface area contributed by atoms with Crippen LogP contribution in [-0.2, 0) is 11.2 Å². The van der Waals surface area contributed by atoms with Crippen molar-refractivity contribution < 1.29 is 4.79 Å². The third kappa shape index (κ3) is 7.14. The summed E-state index contributed by atoms with van der Waals surface area (Å²) >= 11 is 1.71. The Morgan fingerprint density at radius 3 is 2.52 bits per heavy atom. The summed E-state index contributed by atoms with van der Waals surface area (Å²) in [7, 11) is 1.71. The third-order valence-electron chi connectivity index (χ3n) is 4.68. The van der Waals surface area contributed by atoms with E-state index in [0.29, 0.717) is 5.96 Å². The van der Waals surface area contributed by atoms with E-state index in [9.17, 15) is 4.79 Å². The molecule has 0 aliphatic carbocycles. The molecule has 1 aliphatic heterocycles. The summed E-state index contributed by atoms with van der Waals surface area (Å²) in [5, 5.41) is 7.46. The molecule has 1 saturated heterocycles. The van der Waals surface area contributed by atoms with Crippen LogP contribution in [0.25, 0.3) is 0 Å². The molecule has 9 heteroatoms. The minimum atomic E-state index is 0. The lowest BCUT2D eigenvalue weighted by Crippen LogP contribution is -2.52. The minimum absolute atomic E-state index is 0. The number of aliphatic imine (C=N–C) groups is 1. The minimum Gasteiger partial charge on any atom is -0.368 e. The highest BCUT2D eigenvalue weighted by Crippen LogP contribution is 2.15. The molecule has 2 aromatic rings. The molecule has 1 aromatic carbocycles. The maximum Gasteiger partial charge on any atom is 0.242 e. The Morgan fingerprint density at radius 1 is 1.17 bits per heavy atom. The van der Waals surface area contributed by atoms with Gasteiger partial charge >= 0.3 is 0 Å². The Kier molecular flexibility index (Phi) is 9.65. The fourth-order valence-electron chi connectivity index (χ4n) is 3.15. The first-order chi connectivity index (χ1) is 13.7. The molecule has 0 atom stereocenters. The van der Waals surface area contributed by atoms with Gasteiger partial charge in [0.1, 0.15) is 0 Å². The Bertz CT molecular complexity index is 789. The maximum atomic E-state index is 12.5. The van der Waals surface area contributed by atoms with Crippen molar-refractivity contribution in [2.24, 2.45) is 4.99 Å². The number of aromatic nitrogens is 1. The fraction of sp³-hybridized carbons (Fsp3) is 0.450. The van der Waals surface area contributed by atoms with Gasteiger partial charge in [-0.2, -0.15) is 0 Å². The number of amides is 1. The summed E-state index contributed by atoms with van der Waals surface area (Å²) in [6, 6.07) is 10.3. The molecule has 1 aromatic heterocycles. The number of hydrogen-bond acceptors (Lipinski definition) is 5. The van der Waals surface area contributed by atoms with Crippen LogP contribution in [0.15, 0.2) is 41.5 Å². The van der Waals surface area contributed by atoms with Gasteiger partial charge in [-0.15, -0.1) is 35.3 Å². The Hall–Kier alpha value is -1.88. The molecule has 1 amide bonds. The number of thiazole rings is 1. The van der Waals surface area contributed by atoms with E-state index < -0.39 is 0 Å². The molecule has 3 rings (SSSR count). The average molecular weight is 528 g/mol. The van der Waals surface area contributed by atoms with Crippen molar-refractivity contribution in [3.8, 4) is 0 Å². The molecular weight excluding hydrogens is 499 g/mol. The summed E-state index contributed by atoms with van der Waals surface area (Å²) in [5.41, 5.74) is 1.22. The van der Waals surface area contributed by atoms with Gasteiger partial charge in [-0.1, -0.05) is 18.2 Å². The maximum absolute atomic E-state index is 12.5. The number of nitrogens with zero attached hydrogens (tertiary/aromatic N) is 4. The summed E-state index contributed by atoms with van der Waals surface area (Å²) in [6.45, 7) is 6.24. The van der Waals surface area contributed by atoms with Gasteiger partial charge in [0, 0.05) is 63.0 Å². The van der Waals surface area contributed by atoms with Gasteiger partial charge in [-0.25, -0.2) is 4.98 Å². The summed E-state index contributed by atoms with van der Waals surface area (Å²) in [4.78, 5) is 26.5. The third-order valence-corrected chi connectivity index (χ3v) is 5.66. The van der Waals surface area contributed by atoms with Crippen LogP contribution >= 0.6 is 35.3 Å². The van der Waals surface area contributed by atoms with Crippen molar-refractivity contribution in [2.75, 3.05) is 51.2 Å². The first kappa shape index (κ1) is 23.4. The highest BCUT2D eigenvalue weighted by Gasteiger charge is 2.21. The van der Waals surface area contributed by atoms with E-state index in [4.69, 9.17) is 0 Å². The predicted molar refractivity (Wildman–Crippen MR) is 131 cm³/mol. The zero-order valence-corrected chi connectivity index (χ0v) is 20.1. The van der Waals surface area contributed by atoms with Crippen LogP contribution in [0.3, 0.4) is 0 Å². The fourth-order valence-corrected chi connectivity index (χ4v) is 3.94. The lowest BCUT2D eigenvalue weighted by atomic mass is 10.2. The van der Waals surface area contributed by atoms with Crippen molar-refractivity contribution in [3.63, 3.8) is 0 Å². The van der Waals surface area contributed by atoms with E-state index in [1.807, 2.05) is 29.3 Å². The van der Waals surface area contributed by atoms with Crippen LogP contribution in [-0.4, -0.2) is 68.1 Å². The van der Waals surface area contributed by atoms with E-state index in [1.165, 1.54) is 10.6 Å². The summed E-state index contributed by atoms with van der Waals surface area (Å²) in [6.07, 6.45) is 2.73. The SMILES string of the molecule is CN=C(NCCc1ncc(C)s1)NCC(=O)N1CCN(c2ccccc2)CC1.I. The number of aryl methyl sites for hydroxylation is 1. The van der Waals surface area contributed by atoms with E-state index in [0.717, 1.165) is 44.2 Å². The molecule has 0 radical (unpaired) electrons. The average Bonchev–Trinajstić information content (AvgIpc) is 3.16. The number of hydrogen-bond donors (Lipinski definition) is 2. The van der Waals surface area contributed by atoms with Gasteiger partial charge in [-0.3, -0.25) is 9.79 Å². The van der Waals surface area contributed by atoms with E-state index in [2.05, 4.69) is 44.6 Å². The predicted octanol–water partition coefficient (Wildman–Crippen LogP) is 2.13. The van der Waals surface area contributed by atoms with Crippen molar-refractivity contribution in [2.45, 2.75) is 13.3 Å². The summed E-state index contributed by atoms with van der Waals surface area (Å²) in [5.74, 6) is 0.746. The van der Waals surface area contributed by atoms with Crippen LogP contribution in [0.1, 0.15) is 9.88 Å². The lowest BCUT2D eigenvalue weighted by molar-refractivity contribution is -0.130. The summed E-state index contributed by atoms with van der Waals surface area (Å²) < 4.78 is 0. The molecule has 0 spiro atoms. The largest absolute Gasteiger partial charge is 0.368 e. The van der Waals surface area contributed by atoms with E-state index in [-0.39, 0.29) is 36.4 Å². The number of benzene rings is 1. The first-order valence-corrected chi connectivity index (χ1v) is 10.4. The number of guanidine groups is 1. The highest BCUT2D eigenvalue weighted by atomic mass is 127. The Morgan fingerprint density at radius 2 is 1.90 bits per heavy atom. The van der Waals surface area contributed by atoms with Gasteiger partial charge in [0.2, 0.25) is 5.91 Å². The van der Waals surface area contributed by atoms with Crippen LogP contribution < -0.4 is 15.5 Å². The molecule has 158 valence electrons. The number of piperazine rings is 1. The Labute approximate surface area is 193 Å². The smallest absolute Gasteiger partial charge is 0.242 e. The molecule has 1 fully saturated rings. The van der Waals surface area contributed by atoms with Crippen LogP contribution in [0.4, 0.5) is 5.69 Å². The monoisotopic (exact) mass is 528 g/mol. The number of carbonyl (C=O) groups excluding carboxylic acids is 1. The normalized spacial score (nSPS) is 14.3. The molecule has 0 unspecified atom stereocenters. The van der Waals surface area contributed by atoms with Crippen LogP contribution in [0.2, 0.25) is 0 Å². The number of anilines is 1. The Balaban J connectivity index is 0.00000300. The van der Waals surface area contributed by atoms with E-state index >= 15 is 0 Å². The molecular formula is C20H29IN6OS. The van der Waals surface area contributed by atoms with Gasteiger partial charge < -0.3 is 20.4 Å². The molecule has 0 bridgehead atoms. The number of rotatable bonds is 6. The second kappa shape index (κ2) is 12.0. The van der Waals surface area contributed by atoms with Crippen LogP contribution in [0, 0.1) is 6.92 Å².